The lowest BCUT2D eigenvalue weighted by molar-refractivity contribution is -0.113. The van der Waals surface area contributed by atoms with E-state index in [0.717, 1.165) is 28.3 Å². The normalized spacial score (nSPS) is 10.5. The molecule has 2 N–H and O–H groups in total. The molecule has 8 heteroatoms. The van der Waals surface area contributed by atoms with Gasteiger partial charge in [-0.3, -0.25) is 4.79 Å². The summed E-state index contributed by atoms with van der Waals surface area (Å²) in [7, 11) is 1.62. The molecule has 1 heterocycles. The van der Waals surface area contributed by atoms with Gasteiger partial charge >= 0.3 is 0 Å². The Morgan fingerprint density at radius 1 is 0.935 bits per heavy atom. The van der Waals surface area contributed by atoms with Crippen molar-refractivity contribution >= 4 is 45.5 Å². The zero-order chi connectivity index (χ0) is 21.5. The van der Waals surface area contributed by atoms with E-state index in [1.807, 2.05) is 78.9 Å². The predicted molar refractivity (Wildman–Crippen MR) is 127 cm³/mol. The number of para-hydroxylation sites is 3. The van der Waals surface area contributed by atoms with Crippen molar-refractivity contribution in [3.63, 3.8) is 0 Å². The first kappa shape index (κ1) is 20.9. The minimum atomic E-state index is -0.0946. The second-order valence-electron chi connectivity index (χ2n) is 6.45. The van der Waals surface area contributed by atoms with Crippen molar-refractivity contribution in [3.8, 4) is 16.9 Å². The smallest absolute Gasteiger partial charge is 0.234 e. The van der Waals surface area contributed by atoms with Crippen LogP contribution >= 0.6 is 23.1 Å². The second-order valence-corrected chi connectivity index (χ2v) is 8.65. The molecule has 1 aromatic heterocycles. The molecule has 4 aromatic rings. The number of hydrogen-bond acceptors (Lipinski definition) is 7. The molecule has 0 spiro atoms. The maximum absolute atomic E-state index is 12.5. The Kier molecular flexibility index (Phi) is 6.81. The number of carbonyl (C=O) groups excluding carboxylic acids is 1. The van der Waals surface area contributed by atoms with Crippen LogP contribution in [0.2, 0.25) is 0 Å². The molecular formula is C23H20N4O2S2. The lowest BCUT2D eigenvalue weighted by Crippen LogP contribution is -2.14. The highest BCUT2D eigenvalue weighted by Gasteiger charge is 2.12. The van der Waals surface area contributed by atoms with E-state index in [1.54, 1.807) is 7.11 Å². The van der Waals surface area contributed by atoms with Crippen molar-refractivity contribution in [2.75, 3.05) is 23.5 Å². The van der Waals surface area contributed by atoms with E-state index in [2.05, 4.69) is 20.8 Å². The number of thioether (sulfide) groups is 1. The third-order valence-corrected chi connectivity index (χ3v) is 6.34. The lowest BCUT2D eigenvalue weighted by Gasteiger charge is -2.11. The Balaban J connectivity index is 1.36. The van der Waals surface area contributed by atoms with Gasteiger partial charge in [-0.1, -0.05) is 83.8 Å². The van der Waals surface area contributed by atoms with Gasteiger partial charge in [0, 0.05) is 11.3 Å². The van der Waals surface area contributed by atoms with E-state index >= 15 is 0 Å². The Bertz CT molecular complexity index is 1160. The molecular weight excluding hydrogens is 428 g/mol. The van der Waals surface area contributed by atoms with Crippen molar-refractivity contribution in [2.24, 2.45) is 0 Å². The number of carbonyl (C=O) groups is 1. The van der Waals surface area contributed by atoms with Crippen molar-refractivity contribution in [2.45, 2.75) is 4.34 Å². The molecule has 0 atom stereocenters. The van der Waals surface area contributed by atoms with Crippen LogP contribution in [0.5, 0.6) is 5.75 Å². The fourth-order valence-electron chi connectivity index (χ4n) is 2.96. The summed E-state index contributed by atoms with van der Waals surface area (Å²) < 4.78 is 6.05. The fourth-order valence-corrected chi connectivity index (χ4v) is 4.52. The largest absolute Gasteiger partial charge is 0.495 e. The molecule has 0 radical (unpaired) electrons. The number of rotatable bonds is 8. The van der Waals surface area contributed by atoms with Crippen molar-refractivity contribution in [1.29, 1.82) is 0 Å². The molecule has 0 saturated heterocycles. The first-order valence-electron chi connectivity index (χ1n) is 9.53. The Morgan fingerprint density at radius 2 is 1.65 bits per heavy atom. The van der Waals surface area contributed by atoms with Crippen LogP contribution in [0.25, 0.3) is 11.1 Å². The molecule has 0 bridgehead atoms. The minimum absolute atomic E-state index is 0.0946. The van der Waals surface area contributed by atoms with Crippen molar-refractivity contribution in [1.82, 2.24) is 10.2 Å². The molecule has 1 amide bonds. The standard InChI is InChI=1S/C23H20N4O2S2/c1-29-20-14-8-7-13-19(20)25-22-26-27-23(31-22)30-15-21(28)24-18-12-6-5-11-17(18)16-9-3-2-4-10-16/h2-14H,15H2,1H3,(H,24,28)(H,25,26). The number of ether oxygens (including phenoxy) is 1. The number of amides is 1. The number of benzene rings is 3. The van der Waals surface area contributed by atoms with Gasteiger partial charge in [0.05, 0.1) is 18.6 Å². The van der Waals surface area contributed by atoms with Crippen LogP contribution in [-0.2, 0) is 4.79 Å². The van der Waals surface area contributed by atoms with Crippen LogP contribution in [0.3, 0.4) is 0 Å². The highest BCUT2D eigenvalue weighted by atomic mass is 32.2. The van der Waals surface area contributed by atoms with Crippen LogP contribution in [0, 0.1) is 0 Å². The van der Waals surface area contributed by atoms with E-state index in [4.69, 9.17) is 4.74 Å². The first-order chi connectivity index (χ1) is 15.2. The third kappa shape index (κ3) is 5.42. The molecule has 3 aromatic carbocycles. The van der Waals surface area contributed by atoms with E-state index in [-0.39, 0.29) is 11.7 Å². The van der Waals surface area contributed by atoms with E-state index in [0.29, 0.717) is 9.47 Å². The van der Waals surface area contributed by atoms with Gasteiger partial charge in [0.2, 0.25) is 11.0 Å². The number of nitrogens with one attached hydrogen (secondary N) is 2. The number of hydrogen-bond donors (Lipinski definition) is 2. The highest BCUT2D eigenvalue weighted by molar-refractivity contribution is 8.01. The number of anilines is 3. The van der Waals surface area contributed by atoms with Crippen LogP contribution < -0.4 is 15.4 Å². The first-order valence-corrected chi connectivity index (χ1v) is 11.3. The molecule has 0 aliphatic carbocycles. The van der Waals surface area contributed by atoms with Gasteiger partial charge in [0.1, 0.15) is 5.75 Å². The zero-order valence-corrected chi connectivity index (χ0v) is 18.4. The van der Waals surface area contributed by atoms with Gasteiger partial charge in [-0.15, -0.1) is 10.2 Å². The average molecular weight is 449 g/mol. The molecule has 0 aliphatic heterocycles. The Hall–Kier alpha value is -3.36. The van der Waals surface area contributed by atoms with Crippen LogP contribution in [-0.4, -0.2) is 29.0 Å². The second kappa shape index (κ2) is 10.1. The number of methoxy groups -OCH3 is 1. The molecule has 0 saturated carbocycles. The summed E-state index contributed by atoms with van der Waals surface area (Å²) in [6.45, 7) is 0. The summed E-state index contributed by atoms with van der Waals surface area (Å²) in [5.74, 6) is 0.873. The van der Waals surface area contributed by atoms with Crippen LogP contribution in [0.4, 0.5) is 16.5 Å². The summed E-state index contributed by atoms with van der Waals surface area (Å²) in [6.07, 6.45) is 0. The summed E-state index contributed by atoms with van der Waals surface area (Å²) in [4.78, 5) is 12.5. The fraction of sp³-hybridized carbons (Fsp3) is 0.0870. The average Bonchev–Trinajstić information content (AvgIpc) is 3.26. The van der Waals surface area contributed by atoms with E-state index in [1.165, 1.54) is 23.1 Å². The van der Waals surface area contributed by atoms with E-state index < -0.39 is 0 Å². The topological polar surface area (TPSA) is 76.1 Å². The molecule has 156 valence electrons. The van der Waals surface area contributed by atoms with Gasteiger partial charge in [-0.25, -0.2) is 0 Å². The highest BCUT2D eigenvalue weighted by Crippen LogP contribution is 2.32. The zero-order valence-electron chi connectivity index (χ0n) is 16.7. The Morgan fingerprint density at radius 3 is 2.45 bits per heavy atom. The lowest BCUT2D eigenvalue weighted by atomic mass is 10.0. The van der Waals surface area contributed by atoms with Crippen molar-refractivity contribution < 1.29 is 9.53 Å². The predicted octanol–water partition coefficient (Wildman–Crippen LogP) is 5.69. The van der Waals surface area contributed by atoms with Crippen LogP contribution in [0.15, 0.2) is 83.2 Å². The van der Waals surface area contributed by atoms with E-state index in [9.17, 15) is 4.79 Å². The maximum atomic E-state index is 12.5. The third-order valence-electron chi connectivity index (χ3n) is 4.37. The van der Waals surface area contributed by atoms with Gasteiger partial charge in [0.15, 0.2) is 4.34 Å². The van der Waals surface area contributed by atoms with Crippen LogP contribution in [0.1, 0.15) is 0 Å². The van der Waals surface area contributed by atoms with Gasteiger partial charge in [-0.2, -0.15) is 0 Å². The molecule has 6 nitrogen and oxygen atoms in total. The summed E-state index contributed by atoms with van der Waals surface area (Å²) in [5.41, 5.74) is 3.64. The molecule has 0 fully saturated rings. The SMILES string of the molecule is COc1ccccc1Nc1nnc(SCC(=O)Nc2ccccc2-c2ccccc2)s1. The summed E-state index contributed by atoms with van der Waals surface area (Å²) in [5, 5.41) is 15.2. The molecule has 4 rings (SSSR count). The van der Waals surface area contributed by atoms with Crippen molar-refractivity contribution in [3.05, 3.63) is 78.9 Å². The van der Waals surface area contributed by atoms with Gasteiger partial charge in [0.25, 0.3) is 0 Å². The minimum Gasteiger partial charge on any atom is -0.495 e. The van der Waals surface area contributed by atoms with Gasteiger partial charge < -0.3 is 15.4 Å². The summed E-state index contributed by atoms with van der Waals surface area (Å²) in [6, 6.07) is 25.4. The number of aromatic nitrogens is 2. The molecule has 0 aliphatic rings. The maximum Gasteiger partial charge on any atom is 0.234 e. The monoisotopic (exact) mass is 448 g/mol. The molecule has 0 unspecified atom stereocenters. The number of nitrogens with zero attached hydrogens (tertiary/aromatic N) is 2. The van der Waals surface area contributed by atoms with Gasteiger partial charge in [-0.05, 0) is 23.8 Å². The quantitative estimate of drug-likeness (QED) is 0.337. The summed E-state index contributed by atoms with van der Waals surface area (Å²) >= 11 is 2.74. The Labute approximate surface area is 188 Å². The molecule has 31 heavy (non-hydrogen) atoms.